The van der Waals surface area contributed by atoms with Gasteiger partial charge in [0.25, 0.3) is 6.47 Å². The molecule has 0 unspecified atom stereocenters. The number of hydrogen-bond donors (Lipinski definition) is 5. The molecule has 0 radical (unpaired) electrons. The van der Waals surface area contributed by atoms with Crippen LogP contribution in [-0.2, 0) is 23.4 Å². The van der Waals surface area contributed by atoms with E-state index in [0.717, 1.165) is 12.2 Å². The molecule has 0 atom stereocenters. The number of ether oxygens (including phenoxy) is 1. The summed E-state index contributed by atoms with van der Waals surface area (Å²) < 4.78 is 10.8. The van der Waals surface area contributed by atoms with E-state index in [-0.39, 0.29) is 51.9 Å². The minimum absolute atomic E-state index is 0. The predicted octanol–water partition coefficient (Wildman–Crippen LogP) is -0.542. The molecule has 0 aliphatic heterocycles. The van der Waals surface area contributed by atoms with Crippen LogP contribution in [-0.4, -0.2) is 65.8 Å². The molecule has 14 heteroatoms. The fourth-order valence-electron chi connectivity index (χ4n) is 1.00. The van der Waals surface area contributed by atoms with E-state index in [1.165, 1.54) is 11.5 Å². The zero-order chi connectivity index (χ0) is 18.8. The summed E-state index contributed by atoms with van der Waals surface area (Å²) in [7, 11) is 1.50. The van der Waals surface area contributed by atoms with Gasteiger partial charge in [0.05, 0.1) is 6.61 Å². The Kier molecular flexibility index (Phi) is 22.8. The molecule has 0 aromatic rings. The second kappa shape index (κ2) is 20.3. The van der Waals surface area contributed by atoms with Crippen LogP contribution in [0, 0.1) is 0 Å². The number of carboxylic acids is 1. The maximum atomic E-state index is 11.2. The molecule has 0 aromatic heterocycles. The highest BCUT2D eigenvalue weighted by Gasteiger charge is 2.08. The highest BCUT2D eigenvalue weighted by atomic mass is 32.2. The number of hydrogen-bond acceptors (Lipinski definition) is 9. The topological polar surface area (TPSA) is 167 Å². The van der Waals surface area contributed by atoms with Crippen molar-refractivity contribution in [1.82, 2.24) is 20.6 Å². The third-order valence-electron chi connectivity index (χ3n) is 1.83. The van der Waals surface area contributed by atoms with Gasteiger partial charge in [-0.05, 0) is 13.3 Å². The van der Waals surface area contributed by atoms with Crippen molar-refractivity contribution in [2.24, 2.45) is 0 Å². The summed E-state index contributed by atoms with van der Waals surface area (Å²) in [6, 6.07) is 0. The molecule has 0 heterocycles. The van der Waals surface area contributed by atoms with Gasteiger partial charge in [-0.25, -0.2) is 14.5 Å². The molecule has 0 aliphatic carbocycles. The van der Waals surface area contributed by atoms with Gasteiger partial charge in [0.1, 0.15) is 18.8 Å². The molecule has 25 heavy (non-hydrogen) atoms. The lowest BCUT2D eigenvalue weighted by Crippen LogP contribution is -2.37. The first-order chi connectivity index (χ1) is 11.4. The molecule has 0 aliphatic rings. The summed E-state index contributed by atoms with van der Waals surface area (Å²) in [5, 5.41) is 17.9. The third kappa shape index (κ3) is 24.6. The second-order valence-corrected chi connectivity index (χ2v) is 4.64. The smallest absolute Gasteiger partial charge is 0.422 e. The predicted molar refractivity (Wildman–Crippen MR) is 93.6 cm³/mol. The van der Waals surface area contributed by atoms with Gasteiger partial charge in [0, 0.05) is 20.0 Å². The highest BCUT2D eigenvalue weighted by molar-refractivity contribution is 7.92. The number of carboxylic acid groups (broad SMARTS) is 2. The van der Waals surface area contributed by atoms with E-state index >= 15 is 0 Å². The molecule has 0 saturated carbocycles. The van der Waals surface area contributed by atoms with Crippen molar-refractivity contribution >= 4 is 50.2 Å². The Morgan fingerprint density at radius 3 is 2.44 bits per heavy atom. The molecule has 0 aromatic carbocycles. The third-order valence-corrected chi connectivity index (χ3v) is 2.34. The number of rotatable bonds is 11. The quantitative estimate of drug-likeness (QED) is 0.0986. The zero-order valence-corrected chi connectivity index (χ0v) is 15.6. The van der Waals surface area contributed by atoms with E-state index in [4.69, 9.17) is 24.0 Å². The van der Waals surface area contributed by atoms with Crippen LogP contribution in [0.1, 0.15) is 19.8 Å². The number of carbonyl (C=O) groups excluding carboxylic acids is 2. The Labute approximate surface area is 156 Å². The molecule has 0 spiro atoms. The van der Waals surface area contributed by atoms with Crippen LogP contribution in [0.5, 0.6) is 0 Å². The lowest BCUT2D eigenvalue weighted by atomic mass is 10.3. The Morgan fingerprint density at radius 1 is 1.32 bits per heavy atom. The van der Waals surface area contributed by atoms with Gasteiger partial charge >= 0.3 is 12.1 Å². The standard InChI is InChI=1S/C10H20N4O6S.CH2O2.H2S/c1-3-11-8(15)7-12-20-21-14(2)13-10(18)19-6-4-5-9(16)17;2-1-3;/h12H,3-7H2,1-2H3,(H,11,15)(H,13,18)(H,16,17);1H,(H,2,3);1H2. The fraction of sp³-hybridized carbons (Fsp3) is 0.636. The van der Waals surface area contributed by atoms with Crippen LogP contribution in [0.2, 0.25) is 0 Å². The number of nitrogens with one attached hydrogen (secondary N) is 3. The number of nitrogens with zero attached hydrogens (tertiary/aromatic N) is 1. The summed E-state index contributed by atoms with van der Waals surface area (Å²) in [6.45, 7) is 2.07. The van der Waals surface area contributed by atoms with Gasteiger partial charge in [-0.2, -0.15) is 19.0 Å². The Morgan fingerprint density at radius 2 is 1.92 bits per heavy atom. The highest BCUT2D eigenvalue weighted by Crippen LogP contribution is 2.02. The molecule has 0 saturated heterocycles. The summed E-state index contributed by atoms with van der Waals surface area (Å²) in [5.41, 5.74) is 4.69. The SMILES string of the molecule is CCNC(=O)CNOSN(C)NC(=O)OCCCC(=O)O.O=CO.S. The molecule has 0 bridgehead atoms. The molecule has 2 amide bonds. The second-order valence-electron chi connectivity index (χ2n) is 3.78. The lowest BCUT2D eigenvalue weighted by molar-refractivity contribution is -0.137. The molecular weight excluding hydrogens is 380 g/mol. The van der Waals surface area contributed by atoms with Crippen LogP contribution < -0.4 is 16.2 Å². The first-order valence-electron chi connectivity index (χ1n) is 6.67. The van der Waals surface area contributed by atoms with E-state index in [2.05, 4.69) is 16.2 Å². The average Bonchev–Trinajstić information content (AvgIpc) is 2.49. The van der Waals surface area contributed by atoms with Crippen LogP contribution in [0.3, 0.4) is 0 Å². The van der Waals surface area contributed by atoms with Gasteiger partial charge in [0.15, 0.2) is 0 Å². The average molecular weight is 404 g/mol. The van der Waals surface area contributed by atoms with Crippen molar-refractivity contribution < 1.29 is 38.4 Å². The van der Waals surface area contributed by atoms with Crippen LogP contribution in [0.15, 0.2) is 0 Å². The maximum absolute atomic E-state index is 11.2. The fourth-order valence-corrected chi connectivity index (χ4v) is 1.34. The molecule has 148 valence electrons. The van der Waals surface area contributed by atoms with Crippen molar-refractivity contribution in [3.8, 4) is 0 Å². The lowest BCUT2D eigenvalue weighted by Gasteiger charge is -2.15. The van der Waals surface area contributed by atoms with Crippen molar-refractivity contribution in [3.63, 3.8) is 0 Å². The van der Waals surface area contributed by atoms with Crippen LogP contribution in [0.25, 0.3) is 0 Å². The normalized spacial score (nSPS) is 9.08. The van der Waals surface area contributed by atoms with E-state index in [1.54, 1.807) is 6.92 Å². The first kappa shape index (κ1) is 28.1. The number of hydrazine groups is 1. The van der Waals surface area contributed by atoms with Crippen molar-refractivity contribution in [2.75, 3.05) is 26.7 Å². The number of aliphatic carboxylic acids is 1. The van der Waals surface area contributed by atoms with Gasteiger partial charge in [-0.1, -0.05) is 0 Å². The molecule has 0 fully saturated rings. The largest absolute Gasteiger partial charge is 0.483 e. The zero-order valence-electron chi connectivity index (χ0n) is 13.8. The Hall–Kier alpha value is -1.74. The monoisotopic (exact) mass is 404 g/mol. The molecular formula is C11H24N4O8S2. The summed E-state index contributed by atoms with van der Waals surface area (Å²) >= 11 is 0.745. The summed E-state index contributed by atoms with van der Waals surface area (Å²) in [4.78, 5) is 40.9. The van der Waals surface area contributed by atoms with Gasteiger partial charge < -0.3 is 20.3 Å². The minimum atomic E-state index is -0.946. The van der Waals surface area contributed by atoms with Crippen LogP contribution in [0.4, 0.5) is 4.79 Å². The maximum Gasteiger partial charge on any atom is 0.422 e. The van der Waals surface area contributed by atoms with Gasteiger partial charge in [0.2, 0.25) is 5.91 Å². The summed E-state index contributed by atoms with van der Waals surface area (Å²) in [5.74, 6) is -1.16. The van der Waals surface area contributed by atoms with Crippen molar-refractivity contribution in [3.05, 3.63) is 0 Å². The number of likely N-dealkylation sites (N-methyl/N-ethyl adjacent to an activating group) is 1. The van der Waals surface area contributed by atoms with E-state index in [9.17, 15) is 14.4 Å². The molecule has 0 rings (SSSR count). The molecule has 12 nitrogen and oxygen atoms in total. The van der Waals surface area contributed by atoms with Crippen molar-refractivity contribution in [2.45, 2.75) is 19.8 Å². The van der Waals surface area contributed by atoms with Crippen LogP contribution >= 0.6 is 25.7 Å². The number of amides is 2. The number of hydroxylamine groups is 1. The van der Waals surface area contributed by atoms with E-state index in [0.29, 0.717) is 6.54 Å². The first-order valence-corrected chi connectivity index (χ1v) is 7.37. The molecule has 5 N–H and O–H groups in total. The summed E-state index contributed by atoms with van der Waals surface area (Å²) in [6.07, 6.45) is -0.558. The Bertz CT molecular complexity index is 389. The van der Waals surface area contributed by atoms with Crippen molar-refractivity contribution in [1.29, 1.82) is 0 Å². The van der Waals surface area contributed by atoms with Gasteiger partial charge in [-0.3, -0.25) is 14.4 Å². The number of carbonyl (C=O) groups is 4. The minimum Gasteiger partial charge on any atom is -0.483 e. The van der Waals surface area contributed by atoms with Gasteiger partial charge in [-0.15, -0.1) is 4.41 Å². The van der Waals surface area contributed by atoms with E-state index < -0.39 is 12.1 Å². The van der Waals surface area contributed by atoms with E-state index in [1.807, 2.05) is 0 Å². The Balaban J connectivity index is -0.00000112.